The first-order valence-corrected chi connectivity index (χ1v) is 6.62. The Morgan fingerprint density at radius 3 is 3.06 bits per heavy atom. The van der Waals surface area contributed by atoms with Crippen LogP contribution in [-0.4, -0.2) is 41.5 Å². The van der Waals surface area contributed by atoms with Crippen LogP contribution in [-0.2, 0) is 10.6 Å². The summed E-state index contributed by atoms with van der Waals surface area (Å²) in [5.74, 6) is 1.33. The predicted octanol–water partition coefficient (Wildman–Crippen LogP) is 1.80. The number of morpholine rings is 1. The molecule has 100 valence electrons. The number of halogens is 1. The van der Waals surface area contributed by atoms with Crippen LogP contribution in [0.3, 0.4) is 0 Å². The predicted molar refractivity (Wildman–Crippen MR) is 72.0 cm³/mol. The normalized spacial score (nSPS) is 23.1. The van der Waals surface area contributed by atoms with E-state index in [0.717, 1.165) is 17.9 Å². The molecule has 0 aromatic carbocycles. The van der Waals surface area contributed by atoms with Gasteiger partial charge in [-0.1, -0.05) is 6.07 Å². The number of pyridine rings is 1. The lowest BCUT2D eigenvalue weighted by molar-refractivity contribution is -0.101. The van der Waals surface area contributed by atoms with Crippen LogP contribution < -0.4 is 4.90 Å². The molecule has 2 heterocycles. The monoisotopic (exact) mass is 270 g/mol. The van der Waals surface area contributed by atoms with Gasteiger partial charge in [0.05, 0.1) is 24.2 Å². The van der Waals surface area contributed by atoms with Crippen LogP contribution in [0.2, 0.25) is 0 Å². The summed E-state index contributed by atoms with van der Waals surface area (Å²) in [5, 5.41) is 9.32. The van der Waals surface area contributed by atoms with Crippen LogP contribution in [0.1, 0.15) is 19.4 Å². The summed E-state index contributed by atoms with van der Waals surface area (Å²) in [7, 11) is 0. The van der Waals surface area contributed by atoms with Gasteiger partial charge in [-0.3, -0.25) is 0 Å². The molecule has 1 fully saturated rings. The van der Waals surface area contributed by atoms with Crippen LogP contribution in [0.4, 0.5) is 5.82 Å². The Labute approximate surface area is 113 Å². The van der Waals surface area contributed by atoms with Crippen LogP contribution in [0, 0.1) is 0 Å². The van der Waals surface area contributed by atoms with Gasteiger partial charge in [0.2, 0.25) is 0 Å². The van der Waals surface area contributed by atoms with E-state index in [1.54, 1.807) is 6.20 Å². The molecular weight excluding hydrogens is 252 g/mol. The van der Waals surface area contributed by atoms with Gasteiger partial charge in [0.25, 0.3) is 0 Å². The van der Waals surface area contributed by atoms with Gasteiger partial charge in [-0.25, -0.2) is 4.98 Å². The van der Waals surface area contributed by atoms with Crippen LogP contribution >= 0.6 is 11.6 Å². The lowest BCUT2D eigenvalue weighted by atomic mass is 10.0. The van der Waals surface area contributed by atoms with Crippen molar-refractivity contribution in [3.8, 4) is 0 Å². The molecule has 1 aromatic rings. The van der Waals surface area contributed by atoms with Crippen LogP contribution in [0.5, 0.6) is 0 Å². The molecule has 5 heteroatoms. The number of aliphatic hydroxyl groups excluding tert-OH is 1. The first-order chi connectivity index (χ1) is 8.55. The number of aliphatic hydroxyl groups is 1. The van der Waals surface area contributed by atoms with Gasteiger partial charge in [0.15, 0.2) is 0 Å². The Balaban J connectivity index is 2.26. The van der Waals surface area contributed by atoms with Crippen molar-refractivity contribution in [1.29, 1.82) is 0 Å². The van der Waals surface area contributed by atoms with Crippen LogP contribution in [0.25, 0.3) is 0 Å². The Bertz CT molecular complexity index is 412. The molecule has 0 spiro atoms. The van der Waals surface area contributed by atoms with Crippen molar-refractivity contribution in [2.75, 3.05) is 24.6 Å². The summed E-state index contributed by atoms with van der Waals surface area (Å²) in [5.41, 5.74) is 0.709. The summed E-state index contributed by atoms with van der Waals surface area (Å²) in [6, 6.07) is 3.86. The Morgan fingerprint density at radius 1 is 1.61 bits per heavy atom. The van der Waals surface area contributed by atoms with Crippen molar-refractivity contribution in [1.82, 2.24) is 4.98 Å². The summed E-state index contributed by atoms with van der Waals surface area (Å²) < 4.78 is 5.80. The molecule has 4 nitrogen and oxygen atoms in total. The highest BCUT2D eigenvalue weighted by Crippen LogP contribution is 2.27. The van der Waals surface area contributed by atoms with Gasteiger partial charge in [-0.2, -0.15) is 0 Å². The average molecular weight is 271 g/mol. The Hall–Kier alpha value is -0.840. The molecule has 18 heavy (non-hydrogen) atoms. The number of hydrogen-bond acceptors (Lipinski definition) is 4. The van der Waals surface area contributed by atoms with Gasteiger partial charge in [0.1, 0.15) is 5.82 Å². The zero-order valence-electron chi connectivity index (χ0n) is 10.8. The molecule has 2 rings (SSSR count). The lowest BCUT2D eigenvalue weighted by Gasteiger charge is -2.43. The minimum absolute atomic E-state index is 0.0168. The van der Waals surface area contributed by atoms with E-state index in [9.17, 15) is 5.11 Å². The molecule has 0 saturated carbocycles. The fraction of sp³-hybridized carbons (Fsp3) is 0.615. The molecular formula is C13H19ClN2O2. The molecule has 1 aliphatic rings. The highest BCUT2D eigenvalue weighted by Gasteiger charge is 2.34. The maximum Gasteiger partial charge on any atom is 0.133 e. The van der Waals surface area contributed by atoms with E-state index in [4.69, 9.17) is 16.3 Å². The molecule has 0 amide bonds. The number of ether oxygens (including phenoxy) is 1. The quantitative estimate of drug-likeness (QED) is 0.851. The molecule has 0 aliphatic carbocycles. The highest BCUT2D eigenvalue weighted by atomic mass is 35.5. The van der Waals surface area contributed by atoms with Gasteiger partial charge >= 0.3 is 0 Å². The molecule has 1 aliphatic heterocycles. The smallest absolute Gasteiger partial charge is 0.133 e. The fourth-order valence-electron chi connectivity index (χ4n) is 2.37. The second-order valence-corrected chi connectivity index (χ2v) is 5.45. The van der Waals surface area contributed by atoms with E-state index in [1.807, 2.05) is 26.0 Å². The zero-order chi connectivity index (χ0) is 13.2. The zero-order valence-corrected chi connectivity index (χ0v) is 11.5. The number of hydrogen-bond donors (Lipinski definition) is 1. The highest BCUT2D eigenvalue weighted by molar-refractivity contribution is 6.17. The Kier molecular flexibility index (Phi) is 4.10. The maximum atomic E-state index is 9.32. The number of aromatic nitrogens is 1. The molecule has 1 saturated heterocycles. The summed E-state index contributed by atoms with van der Waals surface area (Å²) in [6.45, 7) is 5.43. The topological polar surface area (TPSA) is 45.6 Å². The summed E-state index contributed by atoms with van der Waals surface area (Å²) in [6.07, 6.45) is 1.58. The number of alkyl halides is 1. The molecule has 1 N–H and O–H groups in total. The second-order valence-electron chi connectivity index (χ2n) is 5.18. The van der Waals surface area contributed by atoms with Crippen molar-refractivity contribution in [2.45, 2.75) is 31.4 Å². The van der Waals surface area contributed by atoms with E-state index in [2.05, 4.69) is 9.88 Å². The first-order valence-electron chi connectivity index (χ1n) is 6.09. The van der Waals surface area contributed by atoms with E-state index in [-0.39, 0.29) is 18.3 Å². The van der Waals surface area contributed by atoms with Crippen molar-refractivity contribution < 1.29 is 9.84 Å². The van der Waals surface area contributed by atoms with E-state index >= 15 is 0 Å². The third-order valence-corrected chi connectivity index (χ3v) is 3.28. The SMILES string of the molecule is CC1(C)CN(c2ncccc2CCl)CC(CO)O1. The molecule has 0 radical (unpaired) electrons. The van der Waals surface area contributed by atoms with Crippen molar-refractivity contribution >= 4 is 17.4 Å². The molecule has 1 unspecified atom stereocenters. The van der Waals surface area contributed by atoms with Crippen LogP contribution in [0.15, 0.2) is 18.3 Å². The summed E-state index contributed by atoms with van der Waals surface area (Å²) >= 11 is 5.95. The second kappa shape index (κ2) is 5.43. The fourth-order valence-corrected chi connectivity index (χ4v) is 2.58. The molecule has 1 aromatic heterocycles. The largest absolute Gasteiger partial charge is 0.394 e. The van der Waals surface area contributed by atoms with Gasteiger partial charge in [-0.05, 0) is 19.9 Å². The molecule has 0 bridgehead atoms. The van der Waals surface area contributed by atoms with Crippen molar-refractivity contribution in [3.05, 3.63) is 23.9 Å². The van der Waals surface area contributed by atoms with Crippen molar-refractivity contribution in [3.63, 3.8) is 0 Å². The van der Waals surface area contributed by atoms with Crippen molar-refractivity contribution in [2.24, 2.45) is 0 Å². The Morgan fingerprint density at radius 2 is 2.39 bits per heavy atom. The third kappa shape index (κ3) is 2.94. The number of rotatable bonds is 3. The average Bonchev–Trinajstić information content (AvgIpc) is 2.36. The third-order valence-electron chi connectivity index (χ3n) is 3.00. The number of anilines is 1. The first kappa shape index (κ1) is 13.6. The van der Waals surface area contributed by atoms with Gasteiger partial charge in [0, 0.05) is 24.8 Å². The van der Waals surface area contributed by atoms with E-state index < -0.39 is 0 Å². The maximum absolute atomic E-state index is 9.32. The number of nitrogens with zero attached hydrogens (tertiary/aromatic N) is 2. The van der Waals surface area contributed by atoms with E-state index in [1.165, 1.54) is 0 Å². The van der Waals surface area contributed by atoms with E-state index in [0.29, 0.717) is 12.4 Å². The standard InChI is InChI=1S/C13H19ClN2O2/c1-13(2)9-16(7-11(8-17)18-13)12-10(6-14)4-3-5-15-12/h3-5,11,17H,6-9H2,1-2H3. The summed E-state index contributed by atoms with van der Waals surface area (Å²) in [4.78, 5) is 6.55. The minimum Gasteiger partial charge on any atom is -0.394 e. The minimum atomic E-state index is -0.299. The molecule has 1 atom stereocenters. The lowest BCUT2D eigenvalue weighted by Crippen LogP contribution is -2.54. The van der Waals surface area contributed by atoms with Gasteiger partial charge < -0.3 is 14.7 Å². The van der Waals surface area contributed by atoms with Gasteiger partial charge in [-0.15, -0.1) is 11.6 Å².